The second-order valence-electron chi connectivity index (χ2n) is 7.56. The van der Waals surface area contributed by atoms with Crippen LogP contribution in [0.2, 0.25) is 0 Å². The zero-order valence-corrected chi connectivity index (χ0v) is 16.5. The molecule has 1 aromatic heterocycles. The van der Waals surface area contributed by atoms with Crippen molar-refractivity contribution in [1.29, 1.82) is 0 Å². The first-order valence-electron chi connectivity index (χ1n) is 9.85. The van der Waals surface area contributed by atoms with Gasteiger partial charge in [0.2, 0.25) is 0 Å². The monoisotopic (exact) mass is 377 g/mol. The second-order valence-corrected chi connectivity index (χ2v) is 7.56. The lowest BCUT2D eigenvalue weighted by Crippen LogP contribution is -2.47. The fourth-order valence-electron chi connectivity index (χ4n) is 3.80. The first-order chi connectivity index (χ1) is 13.6. The van der Waals surface area contributed by atoms with Crippen molar-refractivity contribution in [2.24, 2.45) is 0 Å². The van der Waals surface area contributed by atoms with Crippen LogP contribution < -0.4 is 5.32 Å². The van der Waals surface area contributed by atoms with E-state index in [9.17, 15) is 4.79 Å². The van der Waals surface area contributed by atoms with Gasteiger partial charge in [-0.3, -0.25) is 9.69 Å². The van der Waals surface area contributed by atoms with Crippen LogP contribution in [-0.4, -0.2) is 48.1 Å². The molecular formula is C23H27N3O2. The summed E-state index contributed by atoms with van der Waals surface area (Å²) >= 11 is 0. The molecule has 0 unspecified atom stereocenters. The molecule has 1 aliphatic heterocycles. The number of carbonyl (C=O) groups excluding carboxylic acids is 1. The summed E-state index contributed by atoms with van der Waals surface area (Å²) in [6.45, 7) is 8.00. The van der Waals surface area contributed by atoms with Crippen molar-refractivity contribution in [3.05, 3.63) is 70.9 Å². The molecule has 2 aromatic carbocycles. The van der Waals surface area contributed by atoms with E-state index in [4.69, 9.17) is 4.74 Å². The van der Waals surface area contributed by atoms with Gasteiger partial charge in [0.05, 0.1) is 12.7 Å². The minimum Gasteiger partial charge on any atom is -0.374 e. The first-order valence-corrected chi connectivity index (χ1v) is 9.85. The van der Waals surface area contributed by atoms with Crippen LogP contribution in [0, 0.1) is 13.8 Å². The molecule has 3 aromatic rings. The quantitative estimate of drug-likeness (QED) is 0.716. The number of rotatable bonds is 5. The highest BCUT2D eigenvalue weighted by atomic mass is 16.5. The number of carbonyl (C=O) groups is 1. The Morgan fingerprint density at radius 2 is 2.04 bits per heavy atom. The molecule has 28 heavy (non-hydrogen) atoms. The number of fused-ring (bicyclic) bond motifs is 1. The predicted molar refractivity (Wildman–Crippen MR) is 112 cm³/mol. The van der Waals surface area contributed by atoms with E-state index >= 15 is 0 Å². The normalized spacial score (nSPS) is 17.7. The molecule has 1 saturated heterocycles. The third-order valence-corrected chi connectivity index (χ3v) is 5.53. The van der Waals surface area contributed by atoms with E-state index in [1.807, 2.05) is 24.3 Å². The van der Waals surface area contributed by atoms with Crippen LogP contribution in [0.3, 0.4) is 0 Å². The fourth-order valence-corrected chi connectivity index (χ4v) is 3.80. The van der Waals surface area contributed by atoms with Gasteiger partial charge in [-0.05, 0) is 43.2 Å². The van der Waals surface area contributed by atoms with Gasteiger partial charge >= 0.3 is 0 Å². The average Bonchev–Trinajstić information content (AvgIpc) is 3.00. The summed E-state index contributed by atoms with van der Waals surface area (Å²) in [5.74, 6) is -0.0519. The number of hydrogen-bond acceptors (Lipinski definition) is 3. The lowest BCUT2D eigenvalue weighted by atomic mass is 10.1. The Labute approximate surface area is 165 Å². The summed E-state index contributed by atoms with van der Waals surface area (Å²) in [5, 5.41) is 4.15. The molecule has 0 saturated carbocycles. The lowest BCUT2D eigenvalue weighted by Gasteiger charge is -2.33. The smallest absolute Gasteiger partial charge is 0.251 e. The number of H-pyrrole nitrogens is 1. The van der Waals surface area contributed by atoms with Crippen LogP contribution in [-0.2, 0) is 11.3 Å². The Bertz CT molecular complexity index is 965. The van der Waals surface area contributed by atoms with Crippen molar-refractivity contribution in [1.82, 2.24) is 15.2 Å². The summed E-state index contributed by atoms with van der Waals surface area (Å²) in [7, 11) is 0. The molecule has 1 amide bonds. The predicted octanol–water partition coefficient (Wildman–Crippen LogP) is 3.42. The van der Waals surface area contributed by atoms with Crippen molar-refractivity contribution in [2.45, 2.75) is 26.5 Å². The van der Waals surface area contributed by atoms with Gasteiger partial charge in [0.1, 0.15) is 0 Å². The van der Waals surface area contributed by atoms with Crippen LogP contribution >= 0.6 is 0 Å². The molecule has 0 radical (unpaired) electrons. The zero-order chi connectivity index (χ0) is 19.5. The molecular weight excluding hydrogens is 350 g/mol. The van der Waals surface area contributed by atoms with Gasteiger partial charge in [-0.15, -0.1) is 0 Å². The number of morpholine rings is 1. The molecule has 0 spiro atoms. The Morgan fingerprint density at radius 1 is 1.21 bits per heavy atom. The molecule has 2 N–H and O–H groups in total. The van der Waals surface area contributed by atoms with Crippen molar-refractivity contribution in [3.63, 3.8) is 0 Å². The van der Waals surface area contributed by atoms with Crippen LogP contribution in [0.25, 0.3) is 10.9 Å². The zero-order valence-electron chi connectivity index (χ0n) is 16.5. The number of amides is 1. The minimum atomic E-state index is -0.0519. The molecule has 1 fully saturated rings. The summed E-state index contributed by atoms with van der Waals surface area (Å²) in [4.78, 5) is 18.4. The highest BCUT2D eigenvalue weighted by molar-refractivity contribution is 5.99. The number of benzene rings is 2. The number of aryl methyl sites for hydroxylation is 2. The molecule has 5 heteroatoms. The van der Waals surface area contributed by atoms with E-state index in [1.165, 1.54) is 11.1 Å². The largest absolute Gasteiger partial charge is 0.374 e. The highest BCUT2D eigenvalue weighted by Crippen LogP contribution is 2.22. The van der Waals surface area contributed by atoms with Gasteiger partial charge in [-0.1, -0.05) is 30.3 Å². The number of nitrogens with zero attached hydrogens (tertiary/aromatic N) is 1. The Kier molecular flexibility index (Phi) is 5.46. The third-order valence-electron chi connectivity index (χ3n) is 5.53. The van der Waals surface area contributed by atoms with Gasteiger partial charge < -0.3 is 15.0 Å². The topological polar surface area (TPSA) is 57.4 Å². The summed E-state index contributed by atoms with van der Waals surface area (Å²) < 4.78 is 5.86. The number of aromatic amines is 1. The van der Waals surface area contributed by atoms with Gasteiger partial charge in [0, 0.05) is 48.3 Å². The first kappa shape index (κ1) is 18.7. The van der Waals surface area contributed by atoms with Crippen LogP contribution in [0.4, 0.5) is 0 Å². The van der Waals surface area contributed by atoms with Crippen LogP contribution in [0.15, 0.2) is 48.5 Å². The van der Waals surface area contributed by atoms with E-state index in [0.29, 0.717) is 18.7 Å². The second kappa shape index (κ2) is 8.17. The molecule has 0 aliphatic carbocycles. The number of nitrogens with one attached hydrogen (secondary N) is 2. The average molecular weight is 377 g/mol. The summed E-state index contributed by atoms with van der Waals surface area (Å²) in [6.07, 6.45) is 0.0152. The van der Waals surface area contributed by atoms with E-state index in [2.05, 4.69) is 53.3 Å². The summed E-state index contributed by atoms with van der Waals surface area (Å²) in [5.41, 5.74) is 5.39. The number of aromatic nitrogens is 1. The van der Waals surface area contributed by atoms with Crippen LogP contribution in [0.1, 0.15) is 27.2 Å². The van der Waals surface area contributed by atoms with Gasteiger partial charge in [0.15, 0.2) is 0 Å². The number of hydrogen-bond donors (Lipinski definition) is 2. The number of ether oxygens (including phenoxy) is 1. The van der Waals surface area contributed by atoms with Crippen molar-refractivity contribution in [2.75, 3.05) is 26.2 Å². The molecule has 4 rings (SSSR count). The maximum atomic E-state index is 12.6. The van der Waals surface area contributed by atoms with E-state index in [1.54, 1.807) is 0 Å². The van der Waals surface area contributed by atoms with Gasteiger partial charge in [-0.25, -0.2) is 0 Å². The Morgan fingerprint density at radius 3 is 2.86 bits per heavy atom. The SMILES string of the molecule is Cc1[nH]c2ccc(C(=O)NC[C@@H]3CN(Cc4ccccc4)CCO3)cc2c1C. The van der Waals surface area contributed by atoms with Crippen LogP contribution in [0.5, 0.6) is 0 Å². The minimum absolute atomic E-state index is 0.0152. The molecule has 1 atom stereocenters. The van der Waals surface area contributed by atoms with E-state index in [0.717, 1.165) is 36.2 Å². The Hall–Kier alpha value is -2.63. The Balaban J connectivity index is 1.34. The van der Waals surface area contributed by atoms with E-state index in [-0.39, 0.29) is 12.0 Å². The van der Waals surface area contributed by atoms with Gasteiger partial charge in [-0.2, -0.15) is 0 Å². The summed E-state index contributed by atoms with van der Waals surface area (Å²) in [6, 6.07) is 16.3. The van der Waals surface area contributed by atoms with Crippen molar-refractivity contribution < 1.29 is 9.53 Å². The third kappa shape index (κ3) is 4.11. The molecule has 2 heterocycles. The maximum Gasteiger partial charge on any atom is 0.251 e. The molecule has 5 nitrogen and oxygen atoms in total. The van der Waals surface area contributed by atoms with Gasteiger partial charge in [0.25, 0.3) is 5.91 Å². The standard InChI is InChI=1S/C23H27N3O2/c1-16-17(2)25-22-9-8-19(12-21(16)22)23(27)24-13-20-15-26(10-11-28-20)14-18-6-4-3-5-7-18/h3-9,12,20,25H,10-11,13-15H2,1-2H3,(H,24,27)/t20-/m1/s1. The van der Waals surface area contributed by atoms with Crippen molar-refractivity contribution in [3.8, 4) is 0 Å². The van der Waals surface area contributed by atoms with E-state index < -0.39 is 0 Å². The molecule has 1 aliphatic rings. The maximum absolute atomic E-state index is 12.6. The van der Waals surface area contributed by atoms with Crippen molar-refractivity contribution >= 4 is 16.8 Å². The highest BCUT2D eigenvalue weighted by Gasteiger charge is 2.21. The molecule has 146 valence electrons. The lowest BCUT2D eigenvalue weighted by molar-refractivity contribution is -0.0292. The fraction of sp³-hybridized carbons (Fsp3) is 0.348. The molecule has 0 bridgehead atoms.